The van der Waals surface area contributed by atoms with Crippen LogP contribution in [0.3, 0.4) is 0 Å². The number of likely N-dealkylation sites (N-methyl/N-ethyl adjacent to an activating group) is 1. The van der Waals surface area contributed by atoms with Crippen LogP contribution in [0.4, 0.5) is 4.39 Å². The summed E-state index contributed by atoms with van der Waals surface area (Å²) in [4.78, 5) is 13.3. The van der Waals surface area contributed by atoms with Gasteiger partial charge in [0.2, 0.25) is 0 Å². The number of hydrogen-bond donors (Lipinski definition) is 2. The van der Waals surface area contributed by atoms with Gasteiger partial charge in [-0.25, -0.2) is 4.39 Å². The molecule has 6 heteroatoms. The lowest BCUT2D eigenvalue weighted by atomic mass is 10.0. The predicted octanol–water partition coefficient (Wildman–Crippen LogP) is 3.11. The van der Waals surface area contributed by atoms with E-state index in [1.807, 2.05) is 0 Å². The summed E-state index contributed by atoms with van der Waals surface area (Å²) in [7, 11) is 3.12. The molecule has 0 radical (unpaired) electrons. The molecule has 2 aromatic carbocycles. The van der Waals surface area contributed by atoms with Crippen LogP contribution in [-0.2, 0) is 11.3 Å². The fourth-order valence-electron chi connectivity index (χ4n) is 2.64. The highest BCUT2D eigenvalue weighted by atomic mass is 19.1. The lowest BCUT2D eigenvalue weighted by Gasteiger charge is -2.25. The molecule has 1 unspecified atom stereocenters. The Bertz CT molecular complexity index is 748. The Morgan fingerprint density at radius 3 is 2.54 bits per heavy atom. The minimum Gasteiger partial charge on any atom is -0.504 e. The van der Waals surface area contributed by atoms with Crippen LogP contribution in [0.2, 0.25) is 0 Å². The summed E-state index contributed by atoms with van der Waals surface area (Å²) < 4.78 is 18.4. The number of ether oxygens (including phenoxy) is 1. The summed E-state index contributed by atoms with van der Waals surface area (Å²) in [5, 5.41) is 19.4. The van der Waals surface area contributed by atoms with Crippen LogP contribution in [0, 0.1) is 12.7 Å². The molecule has 24 heavy (non-hydrogen) atoms. The molecule has 0 heterocycles. The zero-order valence-electron chi connectivity index (χ0n) is 13.8. The Balaban J connectivity index is 2.26. The second kappa shape index (κ2) is 7.31. The molecule has 0 saturated heterocycles. The second-order valence-electron chi connectivity index (χ2n) is 5.67. The Morgan fingerprint density at radius 1 is 1.29 bits per heavy atom. The highest BCUT2D eigenvalue weighted by Crippen LogP contribution is 2.28. The normalized spacial score (nSPS) is 12.2. The number of carboxylic acid groups (broad SMARTS) is 1. The smallest absolute Gasteiger partial charge is 0.325 e. The van der Waals surface area contributed by atoms with Crippen LogP contribution in [0.1, 0.15) is 22.7 Å². The van der Waals surface area contributed by atoms with E-state index in [0.29, 0.717) is 23.4 Å². The summed E-state index contributed by atoms with van der Waals surface area (Å²) in [5.41, 5.74) is 1.64. The number of benzene rings is 2. The van der Waals surface area contributed by atoms with Gasteiger partial charge in [-0.2, -0.15) is 0 Å². The molecule has 0 aromatic heterocycles. The van der Waals surface area contributed by atoms with Crippen molar-refractivity contribution in [3.8, 4) is 11.5 Å². The maximum absolute atomic E-state index is 13.4. The Labute approximate surface area is 139 Å². The first-order chi connectivity index (χ1) is 11.3. The highest BCUT2D eigenvalue weighted by Gasteiger charge is 2.25. The first-order valence-electron chi connectivity index (χ1n) is 7.38. The van der Waals surface area contributed by atoms with E-state index in [1.54, 1.807) is 31.0 Å². The Morgan fingerprint density at radius 2 is 2.00 bits per heavy atom. The first-order valence-corrected chi connectivity index (χ1v) is 7.38. The molecular weight excluding hydrogens is 313 g/mol. The first kappa shape index (κ1) is 17.7. The van der Waals surface area contributed by atoms with Crippen molar-refractivity contribution < 1.29 is 24.1 Å². The van der Waals surface area contributed by atoms with E-state index in [0.717, 1.165) is 5.56 Å². The van der Waals surface area contributed by atoms with Gasteiger partial charge in [-0.05, 0) is 48.9 Å². The molecule has 0 aliphatic heterocycles. The average Bonchev–Trinajstić information content (AvgIpc) is 2.51. The van der Waals surface area contributed by atoms with Crippen molar-refractivity contribution in [2.45, 2.75) is 19.5 Å². The van der Waals surface area contributed by atoms with E-state index in [9.17, 15) is 19.4 Å². The van der Waals surface area contributed by atoms with Gasteiger partial charge in [0.25, 0.3) is 0 Å². The number of halogens is 1. The lowest BCUT2D eigenvalue weighted by molar-refractivity contribution is -0.143. The Hall–Kier alpha value is -2.60. The van der Waals surface area contributed by atoms with Crippen LogP contribution in [0.15, 0.2) is 36.4 Å². The minimum absolute atomic E-state index is 0.00657. The zero-order valence-corrected chi connectivity index (χ0v) is 13.8. The molecular formula is C18H20FNO4. The largest absolute Gasteiger partial charge is 0.504 e. The second-order valence-corrected chi connectivity index (χ2v) is 5.67. The van der Waals surface area contributed by atoms with Gasteiger partial charge in [0.15, 0.2) is 11.5 Å². The molecule has 0 bridgehead atoms. The number of aryl methyl sites for hydroxylation is 1. The van der Waals surface area contributed by atoms with E-state index in [4.69, 9.17) is 4.74 Å². The van der Waals surface area contributed by atoms with Crippen molar-refractivity contribution in [3.63, 3.8) is 0 Å². The topological polar surface area (TPSA) is 70.0 Å². The fraction of sp³-hybridized carbons (Fsp3) is 0.278. The Kier molecular flexibility index (Phi) is 5.41. The molecule has 1 atom stereocenters. The van der Waals surface area contributed by atoms with E-state index in [1.165, 1.54) is 31.4 Å². The molecule has 0 aliphatic rings. The number of nitrogens with zero attached hydrogens (tertiary/aromatic N) is 1. The number of phenolic OH excluding ortho intramolecular Hbond substituents is 1. The summed E-state index contributed by atoms with van der Waals surface area (Å²) in [6, 6.07) is 8.27. The summed E-state index contributed by atoms with van der Waals surface area (Å²) in [6.45, 7) is 1.89. The van der Waals surface area contributed by atoms with Crippen molar-refractivity contribution in [1.29, 1.82) is 0 Å². The molecule has 2 aromatic rings. The van der Waals surface area contributed by atoms with Gasteiger partial charge in [-0.15, -0.1) is 0 Å². The molecule has 0 amide bonds. The van der Waals surface area contributed by atoms with Gasteiger partial charge in [0.05, 0.1) is 7.11 Å². The monoisotopic (exact) mass is 333 g/mol. The van der Waals surface area contributed by atoms with Gasteiger partial charge in [-0.1, -0.05) is 18.2 Å². The highest BCUT2D eigenvalue weighted by molar-refractivity contribution is 5.75. The van der Waals surface area contributed by atoms with Crippen LogP contribution < -0.4 is 4.74 Å². The van der Waals surface area contributed by atoms with Crippen LogP contribution in [0.5, 0.6) is 11.5 Å². The summed E-state index contributed by atoms with van der Waals surface area (Å²) in [6.07, 6.45) is 0. The number of aliphatic carboxylic acids is 1. The molecule has 128 valence electrons. The maximum atomic E-state index is 13.4. The number of carboxylic acids is 1. The quantitative estimate of drug-likeness (QED) is 0.850. The number of rotatable bonds is 6. The van der Waals surface area contributed by atoms with E-state index in [-0.39, 0.29) is 11.6 Å². The average molecular weight is 333 g/mol. The van der Waals surface area contributed by atoms with Gasteiger partial charge in [0.1, 0.15) is 11.9 Å². The van der Waals surface area contributed by atoms with Gasteiger partial charge >= 0.3 is 5.97 Å². The number of methoxy groups -OCH3 is 1. The minimum atomic E-state index is -1.03. The lowest BCUT2D eigenvalue weighted by Crippen LogP contribution is -2.30. The molecule has 0 aliphatic carbocycles. The van der Waals surface area contributed by atoms with Crippen molar-refractivity contribution in [2.24, 2.45) is 0 Å². The number of phenols is 1. The van der Waals surface area contributed by atoms with Gasteiger partial charge in [-0.3, -0.25) is 9.69 Å². The molecule has 0 saturated carbocycles. The molecule has 0 fully saturated rings. The third-order valence-corrected chi connectivity index (χ3v) is 3.85. The van der Waals surface area contributed by atoms with Crippen molar-refractivity contribution in [1.82, 2.24) is 4.90 Å². The van der Waals surface area contributed by atoms with Gasteiger partial charge < -0.3 is 14.9 Å². The number of aromatic hydroxyl groups is 1. The third-order valence-electron chi connectivity index (χ3n) is 3.85. The molecule has 5 nitrogen and oxygen atoms in total. The van der Waals surface area contributed by atoms with E-state index in [2.05, 4.69) is 0 Å². The van der Waals surface area contributed by atoms with Crippen molar-refractivity contribution >= 4 is 5.97 Å². The van der Waals surface area contributed by atoms with E-state index < -0.39 is 12.0 Å². The summed E-state index contributed by atoms with van der Waals surface area (Å²) >= 11 is 0. The predicted molar refractivity (Wildman–Crippen MR) is 87.6 cm³/mol. The van der Waals surface area contributed by atoms with Crippen LogP contribution in [-0.4, -0.2) is 35.2 Å². The summed E-state index contributed by atoms with van der Waals surface area (Å²) in [5.74, 6) is -1.05. The molecule has 0 spiro atoms. The van der Waals surface area contributed by atoms with Crippen molar-refractivity contribution in [2.75, 3.05) is 14.2 Å². The zero-order chi connectivity index (χ0) is 17.9. The number of carbonyl (C=O) groups is 1. The van der Waals surface area contributed by atoms with Crippen molar-refractivity contribution in [3.05, 3.63) is 58.9 Å². The standard InChI is InChI=1S/C18H20FNO4/c1-11-8-13(5-6-14(11)19)17(18(22)23)20(2)10-12-4-7-16(24-3)15(21)9-12/h4-9,17,21H,10H2,1-3H3,(H,22,23). The van der Waals surface area contributed by atoms with Crippen LogP contribution >= 0.6 is 0 Å². The third kappa shape index (κ3) is 3.83. The number of hydrogen-bond acceptors (Lipinski definition) is 4. The van der Waals surface area contributed by atoms with Crippen LogP contribution in [0.25, 0.3) is 0 Å². The SMILES string of the molecule is COc1ccc(CN(C)C(C(=O)O)c2ccc(F)c(C)c2)cc1O. The molecule has 2 N–H and O–H groups in total. The molecule has 2 rings (SSSR count). The van der Waals surface area contributed by atoms with E-state index >= 15 is 0 Å². The fourth-order valence-corrected chi connectivity index (χ4v) is 2.64. The van der Waals surface area contributed by atoms with Gasteiger partial charge in [0, 0.05) is 6.54 Å². The maximum Gasteiger partial charge on any atom is 0.325 e.